The molecular formula is C28H44F2N2O2Ti. The van der Waals surface area contributed by atoms with E-state index >= 15 is 0 Å². The first-order chi connectivity index (χ1) is 16.3. The Hall–Kier alpha value is -1.47. The number of hydrogen-bond acceptors (Lipinski definition) is 4. The molecule has 2 saturated heterocycles. The van der Waals surface area contributed by atoms with Crippen molar-refractivity contribution in [2.45, 2.75) is 65.2 Å². The van der Waals surface area contributed by atoms with Crippen LogP contribution in [0.2, 0.25) is 0 Å². The van der Waals surface area contributed by atoms with Gasteiger partial charge in [0, 0.05) is 26.4 Å². The van der Waals surface area contributed by atoms with Crippen LogP contribution in [0.1, 0.15) is 65.2 Å². The third-order valence-electron chi connectivity index (χ3n) is 5.50. The zero-order valence-electron chi connectivity index (χ0n) is 21.6. The summed E-state index contributed by atoms with van der Waals surface area (Å²) in [5.41, 5.74) is 2.75. The fourth-order valence-corrected chi connectivity index (χ4v) is 5.58. The summed E-state index contributed by atoms with van der Waals surface area (Å²) in [6.07, 6.45) is 10.1. The van der Waals surface area contributed by atoms with Crippen molar-refractivity contribution in [2.75, 3.05) is 46.3 Å². The van der Waals surface area contributed by atoms with Crippen molar-refractivity contribution in [1.82, 2.24) is 0 Å². The van der Waals surface area contributed by atoms with Gasteiger partial charge in [-0.3, -0.25) is 0 Å². The van der Waals surface area contributed by atoms with Gasteiger partial charge in [-0.2, -0.15) is 0 Å². The van der Waals surface area contributed by atoms with E-state index in [1.807, 2.05) is 0 Å². The Balaban J connectivity index is 0.000000793. The molecular weight excluding hydrogens is 482 g/mol. The fraction of sp³-hybridized carbons (Fsp3) is 0.571. The molecule has 0 unspecified atom stereocenters. The van der Waals surface area contributed by atoms with Crippen molar-refractivity contribution in [2.24, 2.45) is 0 Å². The number of nitrogens with zero attached hydrogens (tertiary/aromatic N) is 2. The molecule has 4 rings (SSSR count). The number of hydrogen-bond donors (Lipinski definition) is 0. The van der Waals surface area contributed by atoms with Crippen LogP contribution in [-0.4, -0.2) is 39.5 Å². The van der Waals surface area contributed by atoms with Crippen LogP contribution >= 0.6 is 0 Å². The maximum absolute atomic E-state index is 4.94. The molecule has 0 N–H and O–H groups in total. The zero-order valence-corrected chi connectivity index (χ0v) is 23.2. The van der Waals surface area contributed by atoms with Crippen LogP contribution in [0.25, 0.3) is 0 Å². The average molecular weight is 527 g/mol. The van der Waals surface area contributed by atoms with Gasteiger partial charge in [-0.25, -0.2) is 0 Å². The van der Waals surface area contributed by atoms with Gasteiger partial charge in [-0.1, -0.05) is 0 Å². The molecule has 2 fully saturated rings. The van der Waals surface area contributed by atoms with E-state index in [-0.39, 0.29) is 29.1 Å². The van der Waals surface area contributed by atoms with Crippen molar-refractivity contribution >= 4 is 11.4 Å². The standard InChI is InChI=1S/2C10H14N.2C4H8O.2FH.Ti/c2*1-2-3-9-11-10-7-5-4-6-8-10;2*1-2-4-5-3-1;;;/h2*4-8H,2-3,9H2,1H3;2*1-4H2;2*1H;/q2*-1;;;;;+4/p-2. The van der Waals surface area contributed by atoms with Crippen LogP contribution in [0.3, 0.4) is 0 Å². The van der Waals surface area contributed by atoms with E-state index in [0.29, 0.717) is 0 Å². The molecule has 0 radical (unpaired) electrons. The summed E-state index contributed by atoms with van der Waals surface area (Å²) in [5.74, 6) is 0. The monoisotopic (exact) mass is 526 g/mol. The molecule has 2 aromatic carbocycles. The van der Waals surface area contributed by atoms with Crippen LogP contribution in [0, 0.1) is 0 Å². The molecule has 35 heavy (non-hydrogen) atoms. The number of ether oxygens (including phenoxy) is 2. The SMILES string of the molecule is C1CCOC1.C1CCOC1.CCCC[N]([Ti+2][N](CCCC)c1ccccc1)c1ccccc1.[F-].[F-]. The van der Waals surface area contributed by atoms with Crippen molar-refractivity contribution < 1.29 is 38.5 Å². The molecule has 2 heterocycles. The molecule has 2 aliphatic heterocycles. The van der Waals surface area contributed by atoms with Crippen molar-refractivity contribution in [1.29, 1.82) is 0 Å². The minimum Gasteiger partial charge on any atom is -1.00 e. The van der Waals surface area contributed by atoms with E-state index in [9.17, 15) is 0 Å². The number of halogens is 2. The fourth-order valence-electron chi connectivity index (χ4n) is 3.49. The Morgan fingerprint density at radius 3 is 1.20 bits per heavy atom. The molecule has 4 nitrogen and oxygen atoms in total. The van der Waals surface area contributed by atoms with Crippen LogP contribution in [0.15, 0.2) is 60.7 Å². The summed E-state index contributed by atoms with van der Waals surface area (Å²) < 4.78 is 15.2. The molecule has 2 aliphatic rings. The van der Waals surface area contributed by atoms with Gasteiger partial charge in [-0.05, 0) is 25.7 Å². The molecule has 0 aromatic heterocycles. The summed E-state index contributed by atoms with van der Waals surface area (Å²) in [6, 6.07) is 21.8. The summed E-state index contributed by atoms with van der Waals surface area (Å²) in [4.78, 5) is 0. The van der Waals surface area contributed by atoms with Gasteiger partial charge < -0.3 is 18.9 Å². The van der Waals surface area contributed by atoms with Crippen molar-refractivity contribution in [3.05, 3.63) is 60.7 Å². The topological polar surface area (TPSA) is 24.9 Å². The number of rotatable bonds is 10. The summed E-state index contributed by atoms with van der Waals surface area (Å²) in [5, 5.41) is 0. The first-order valence-corrected chi connectivity index (χ1v) is 14.3. The average Bonchev–Trinajstić information content (AvgIpc) is 3.64. The van der Waals surface area contributed by atoms with Crippen molar-refractivity contribution in [3.8, 4) is 0 Å². The molecule has 0 amide bonds. The first kappa shape index (κ1) is 33.5. The molecule has 0 aliphatic carbocycles. The Kier molecular flexibility index (Phi) is 22.0. The van der Waals surface area contributed by atoms with Gasteiger partial charge >= 0.3 is 151 Å². The number of para-hydroxylation sites is 2. The minimum atomic E-state index is -0.383. The molecule has 196 valence electrons. The summed E-state index contributed by atoms with van der Waals surface area (Å²) in [7, 11) is 0. The van der Waals surface area contributed by atoms with Crippen molar-refractivity contribution in [3.63, 3.8) is 0 Å². The van der Waals surface area contributed by atoms with Gasteiger partial charge in [0.25, 0.3) is 0 Å². The maximum Gasteiger partial charge on any atom is -1.00 e. The van der Waals surface area contributed by atoms with Gasteiger partial charge in [0.2, 0.25) is 0 Å². The Morgan fingerprint density at radius 2 is 0.943 bits per heavy atom. The molecule has 0 bridgehead atoms. The van der Waals surface area contributed by atoms with Crippen LogP contribution in [-0.2, 0) is 29.1 Å². The largest absolute Gasteiger partial charge is 1.00 e. The number of anilines is 2. The van der Waals surface area contributed by atoms with Gasteiger partial charge in [0.05, 0.1) is 0 Å². The van der Waals surface area contributed by atoms with E-state index in [1.54, 1.807) is 0 Å². The van der Waals surface area contributed by atoms with Gasteiger partial charge in [-0.15, -0.1) is 0 Å². The van der Waals surface area contributed by atoms with Gasteiger partial charge in [0.1, 0.15) is 0 Å². The summed E-state index contributed by atoms with van der Waals surface area (Å²) in [6.45, 7) is 10.9. The van der Waals surface area contributed by atoms with E-state index in [1.165, 1.54) is 62.7 Å². The molecule has 0 saturated carbocycles. The normalized spacial score (nSPS) is 13.5. The predicted molar refractivity (Wildman–Crippen MR) is 137 cm³/mol. The quantitative estimate of drug-likeness (QED) is 0.434. The Bertz CT molecular complexity index is 615. The minimum absolute atomic E-state index is 0. The molecule has 2 aromatic rings. The van der Waals surface area contributed by atoms with Crippen LogP contribution in [0.5, 0.6) is 0 Å². The predicted octanol–water partition coefficient (Wildman–Crippen LogP) is 1.11. The zero-order chi connectivity index (χ0) is 23.4. The third-order valence-corrected chi connectivity index (χ3v) is 7.76. The molecule has 0 atom stereocenters. The Labute approximate surface area is 221 Å². The van der Waals surface area contributed by atoms with Gasteiger partial charge in [0.15, 0.2) is 0 Å². The second kappa shape index (κ2) is 23.0. The molecule has 0 spiro atoms. The maximum atomic E-state index is 4.94. The second-order valence-corrected chi connectivity index (χ2v) is 10.4. The van der Waals surface area contributed by atoms with Crippen LogP contribution < -0.4 is 16.2 Å². The van der Waals surface area contributed by atoms with E-state index in [2.05, 4.69) is 81.3 Å². The van der Waals surface area contributed by atoms with E-state index in [4.69, 9.17) is 9.47 Å². The second-order valence-electron chi connectivity index (χ2n) is 8.42. The molecule has 7 heteroatoms. The van der Waals surface area contributed by atoms with E-state index in [0.717, 1.165) is 39.5 Å². The third kappa shape index (κ3) is 15.3. The smallest absolute Gasteiger partial charge is 1.00 e. The van der Waals surface area contributed by atoms with E-state index < -0.39 is 0 Å². The Morgan fingerprint density at radius 1 is 0.600 bits per heavy atom. The number of unbranched alkanes of at least 4 members (excludes halogenated alkanes) is 2. The van der Waals surface area contributed by atoms with Crippen LogP contribution in [0.4, 0.5) is 11.4 Å². The first-order valence-electron chi connectivity index (χ1n) is 12.9. The number of benzene rings is 2. The summed E-state index contributed by atoms with van der Waals surface area (Å²) >= 11 is -0.383.